The molecule has 2 unspecified atom stereocenters. The van der Waals surface area contributed by atoms with Gasteiger partial charge in [0.2, 0.25) is 0 Å². The van der Waals surface area contributed by atoms with Crippen LogP contribution in [0.1, 0.15) is 50.6 Å². The lowest BCUT2D eigenvalue weighted by Gasteiger charge is -2.48. The number of nitrogens with one attached hydrogen (secondary N) is 1. The van der Waals surface area contributed by atoms with Gasteiger partial charge in [-0.25, -0.2) is 0 Å². The largest absolute Gasteiger partial charge is 0.375 e. The molecule has 2 fully saturated rings. The molecule has 1 saturated carbocycles. The third kappa shape index (κ3) is 2.36. The predicted molar refractivity (Wildman–Crippen MR) is 76.0 cm³/mol. The minimum absolute atomic E-state index is 0.257. The normalized spacial score (nSPS) is 27.9. The number of ether oxygens (including phenoxy) is 1. The van der Waals surface area contributed by atoms with E-state index in [0.29, 0.717) is 6.04 Å². The minimum Gasteiger partial charge on any atom is -0.375 e. The van der Waals surface area contributed by atoms with Gasteiger partial charge in [0.25, 0.3) is 0 Å². The van der Waals surface area contributed by atoms with E-state index in [2.05, 4.69) is 29.1 Å². The molecule has 1 aliphatic carbocycles. The van der Waals surface area contributed by atoms with E-state index in [1.807, 2.05) is 0 Å². The van der Waals surface area contributed by atoms with Crippen LogP contribution in [-0.2, 0) is 4.74 Å². The first-order chi connectivity index (χ1) is 8.83. The second kappa shape index (κ2) is 5.32. The van der Waals surface area contributed by atoms with Crippen molar-refractivity contribution in [3.8, 4) is 0 Å². The number of hydrogen-bond acceptors (Lipinski definition) is 3. The zero-order valence-corrected chi connectivity index (χ0v) is 12.0. The molecule has 18 heavy (non-hydrogen) atoms. The van der Waals surface area contributed by atoms with E-state index in [9.17, 15) is 0 Å². The fourth-order valence-electron chi connectivity index (χ4n) is 3.50. The highest BCUT2D eigenvalue weighted by Gasteiger charge is 2.44. The van der Waals surface area contributed by atoms with Crippen molar-refractivity contribution in [3.63, 3.8) is 0 Å². The lowest BCUT2D eigenvalue weighted by molar-refractivity contribution is -0.147. The molecule has 0 radical (unpaired) electrons. The molecule has 0 bridgehead atoms. The van der Waals surface area contributed by atoms with E-state index in [-0.39, 0.29) is 5.60 Å². The molecule has 1 spiro atoms. The molecule has 1 saturated heterocycles. The molecule has 0 aromatic carbocycles. The van der Waals surface area contributed by atoms with Crippen LogP contribution in [0.2, 0.25) is 0 Å². The highest BCUT2D eigenvalue weighted by atomic mass is 32.1. The summed E-state index contributed by atoms with van der Waals surface area (Å²) < 4.78 is 6.05. The van der Waals surface area contributed by atoms with Crippen LogP contribution < -0.4 is 5.32 Å². The second-order valence-corrected chi connectivity index (χ2v) is 6.51. The number of hydrogen-bond donors (Lipinski definition) is 1. The van der Waals surface area contributed by atoms with Crippen molar-refractivity contribution in [3.05, 3.63) is 22.4 Å². The molecule has 0 amide bonds. The monoisotopic (exact) mass is 265 g/mol. The van der Waals surface area contributed by atoms with E-state index < -0.39 is 0 Å². The first-order valence-corrected chi connectivity index (χ1v) is 8.17. The lowest BCUT2D eigenvalue weighted by Crippen LogP contribution is -2.48. The van der Waals surface area contributed by atoms with Gasteiger partial charge in [0, 0.05) is 12.6 Å². The Balaban J connectivity index is 1.73. The molecule has 2 atom stereocenters. The van der Waals surface area contributed by atoms with Crippen molar-refractivity contribution >= 4 is 11.3 Å². The maximum atomic E-state index is 6.05. The van der Waals surface area contributed by atoms with E-state index in [0.717, 1.165) is 19.1 Å². The maximum absolute atomic E-state index is 6.05. The van der Waals surface area contributed by atoms with Crippen molar-refractivity contribution < 1.29 is 4.74 Å². The molecule has 3 rings (SSSR count). The topological polar surface area (TPSA) is 21.3 Å². The molecular weight excluding hydrogens is 242 g/mol. The van der Waals surface area contributed by atoms with Crippen LogP contribution in [-0.4, -0.2) is 18.8 Å². The van der Waals surface area contributed by atoms with Crippen molar-refractivity contribution in [1.82, 2.24) is 5.32 Å². The molecule has 1 aliphatic heterocycles. The molecule has 2 heterocycles. The predicted octanol–water partition coefficient (Wildman–Crippen LogP) is 3.75. The molecular formula is C15H23NOS. The summed E-state index contributed by atoms with van der Waals surface area (Å²) in [6, 6.07) is 2.81. The van der Waals surface area contributed by atoms with E-state index >= 15 is 0 Å². The lowest BCUT2D eigenvalue weighted by atomic mass is 9.70. The van der Waals surface area contributed by atoms with Gasteiger partial charge in [-0.15, -0.1) is 0 Å². The zero-order chi connectivity index (χ0) is 12.4. The average Bonchev–Trinajstić information content (AvgIpc) is 2.88. The summed E-state index contributed by atoms with van der Waals surface area (Å²) in [5, 5.41) is 8.19. The van der Waals surface area contributed by atoms with Crippen LogP contribution in [0.4, 0.5) is 0 Å². The summed E-state index contributed by atoms with van der Waals surface area (Å²) >= 11 is 1.81. The van der Waals surface area contributed by atoms with Gasteiger partial charge in [-0.2, -0.15) is 11.3 Å². The van der Waals surface area contributed by atoms with E-state index in [1.165, 1.54) is 37.7 Å². The Hall–Kier alpha value is -0.380. The molecule has 1 aromatic heterocycles. The fraction of sp³-hybridized carbons (Fsp3) is 0.733. The highest BCUT2D eigenvalue weighted by Crippen LogP contribution is 2.47. The summed E-state index contributed by atoms with van der Waals surface area (Å²) in [6.45, 7) is 4.21. The van der Waals surface area contributed by atoms with Gasteiger partial charge in [0.05, 0.1) is 5.60 Å². The SMILES string of the molecule is CCNC(c1ccsc1)C1CCOC2(CCC2)C1. The third-order valence-corrected chi connectivity index (χ3v) is 5.30. The standard InChI is InChI=1S/C15H23NOS/c1-2-16-14(13-5-9-18-11-13)12-4-8-17-15(10-12)6-3-7-15/h5,9,11-12,14,16H,2-4,6-8,10H2,1H3. The van der Waals surface area contributed by atoms with Crippen LogP contribution in [0.5, 0.6) is 0 Å². The quantitative estimate of drug-likeness (QED) is 0.895. The van der Waals surface area contributed by atoms with Crippen molar-refractivity contribution in [2.45, 2.75) is 50.7 Å². The smallest absolute Gasteiger partial charge is 0.0686 e. The number of rotatable bonds is 4. The summed E-state index contributed by atoms with van der Waals surface area (Å²) in [7, 11) is 0. The molecule has 2 aliphatic rings. The highest BCUT2D eigenvalue weighted by molar-refractivity contribution is 7.07. The maximum Gasteiger partial charge on any atom is 0.0686 e. The van der Waals surface area contributed by atoms with Gasteiger partial charge >= 0.3 is 0 Å². The Morgan fingerprint density at radius 2 is 2.44 bits per heavy atom. The number of thiophene rings is 1. The van der Waals surface area contributed by atoms with Crippen molar-refractivity contribution in [1.29, 1.82) is 0 Å². The van der Waals surface area contributed by atoms with Crippen LogP contribution in [0, 0.1) is 5.92 Å². The van der Waals surface area contributed by atoms with E-state index in [1.54, 1.807) is 11.3 Å². The Kier molecular flexibility index (Phi) is 3.73. The summed E-state index contributed by atoms with van der Waals surface area (Å²) in [5.41, 5.74) is 1.73. The van der Waals surface area contributed by atoms with E-state index in [4.69, 9.17) is 4.74 Å². The molecule has 3 heteroatoms. The molecule has 1 N–H and O–H groups in total. The molecule has 1 aromatic rings. The fourth-order valence-corrected chi connectivity index (χ4v) is 4.19. The van der Waals surface area contributed by atoms with Crippen LogP contribution in [0.3, 0.4) is 0 Å². The zero-order valence-electron chi connectivity index (χ0n) is 11.2. The van der Waals surface area contributed by atoms with Crippen molar-refractivity contribution in [2.75, 3.05) is 13.2 Å². The van der Waals surface area contributed by atoms with Gasteiger partial charge in [-0.1, -0.05) is 6.92 Å². The van der Waals surface area contributed by atoms with Gasteiger partial charge < -0.3 is 10.1 Å². The Labute approximate surface area is 114 Å². The molecule has 100 valence electrons. The third-order valence-electron chi connectivity index (χ3n) is 4.59. The van der Waals surface area contributed by atoms with Crippen LogP contribution >= 0.6 is 11.3 Å². The Bertz CT molecular complexity index is 372. The second-order valence-electron chi connectivity index (χ2n) is 5.73. The summed E-state index contributed by atoms with van der Waals surface area (Å²) in [6.07, 6.45) is 6.38. The van der Waals surface area contributed by atoms with Crippen LogP contribution in [0.15, 0.2) is 16.8 Å². The molecule has 2 nitrogen and oxygen atoms in total. The summed E-state index contributed by atoms with van der Waals surface area (Å²) in [4.78, 5) is 0. The van der Waals surface area contributed by atoms with Crippen molar-refractivity contribution in [2.24, 2.45) is 5.92 Å². The van der Waals surface area contributed by atoms with Gasteiger partial charge in [-0.05, 0) is 67.0 Å². The van der Waals surface area contributed by atoms with Gasteiger partial charge in [0.15, 0.2) is 0 Å². The average molecular weight is 265 g/mol. The first-order valence-electron chi connectivity index (χ1n) is 7.22. The Morgan fingerprint density at radius 3 is 3.06 bits per heavy atom. The Morgan fingerprint density at radius 1 is 1.56 bits per heavy atom. The first kappa shape index (κ1) is 12.6. The van der Waals surface area contributed by atoms with Gasteiger partial charge in [0.1, 0.15) is 0 Å². The summed E-state index contributed by atoms with van der Waals surface area (Å²) in [5.74, 6) is 0.744. The minimum atomic E-state index is 0.257. The van der Waals surface area contributed by atoms with Crippen LogP contribution in [0.25, 0.3) is 0 Å². The van der Waals surface area contributed by atoms with Gasteiger partial charge in [-0.3, -0.25) is 0 Å².